The number of aryl methyl sites for hydroxylation is 2. The van der Waals surface area contributed by atoms with Crippen LogP contribution in [-0.4, -0.2) is 29.8 Å². The molecule has 1 heterocycles. The van der Waals surface area contributed by atoms with Crippen molar-refractivity contribution in [2.75, 3.05) is 13.1 Å². The van der Waals surface area contributed by atoms with Gasteiger partial charge >= 0.3 is 0 Å². The van der Waals surface area contributed by atoms with E-state index in [0.29, 0.717) is 12.1 Å². The second-order valence-electron chi connectivity index (χ2n) is 6.86. The Morgan fingerprint density at radius 1 is 1.12 bits per heavy atom. The lowest BCUT2D eigenvalue weighted by Gasteiger charge is -2.25. The maximum Gasteiger partial charge on any atom is 0.251 e. The first-order chi connectivity index (χ1) is 12.4. The smallest absolute Gasteiger partial charge is 0.251 e. The normalized spacial score (nSPS) is 16.6. The lowest BCUT2D eigenvalue weighted by atomic mass is 10.0. The maximum atomic E-state index is 13.1. The van der Waals surface area contributed by atoms with Crippen molar-refractivity contribution < 1.29 is 14.0 Å². The summed E-state index contributed by atoms with van der Waals surface area (Å²) in [6.45, 7) is 4.49. The number of hydrogen-bond donors (Lipinski definition) is 1. The van der Waals surface area contributed by atoms with E-state index in [4.69, 9.17) is 0 Å². The molecule has 0 spiro atoms. The number of hydrogen-bond acceptors (Lipinski definition) is 2. The number of nitrogens with zero attached hydrogens (tertiary/aromatic N) is 1. The van der Waals surface area contributed by atoms with Crippen LogP contribution in [0.5, 0.6) is 0 Å². The minimum absolute atomic E-state index is 0.0382. The molecule has 1 N–H and O–H groups in total. The summed E-state index contributed by atoms with van der Waals surface area (Å²) >= 11 is 0. The van der Waals surface area contributed by atoms with E-state index < -0.39 is 0 Å². The molecular formula is C21H23FN2O2. The van der Waals surface area contributed by atoms with Crippen molar-refractivity contribution in [2.45, 2.75) is 32.7 Å². The summed E-state index contributed by atoms with van der Waals surface area (Å²) in [7, 11) is 0. The predicted octanol–water partition coefficient (Wildman–Crippen LogP) is 3.54. The quantitative estimate of drug-likeness (QED) is 0.913. The van der Waals surface area contributed by atoms with E-state index in [-0.39, 0.29) is 30.2 Å². The molecule has 2 amide bonds. The Bertz CT molecular complexity index is 797. The third kappa shape index (κ3) is 4.10. The topological polar surface area (TPSA) is 49.4 Å². The number of benzene rings is 2. The molecule has 136 valence electrons. The fourth-order valence-corrected chi connectivity index (χ4v) is 3.56. The highest BCUT2D eigenvalue weighted by Gasteiger charge is 2.29. The molecule has 0 bridgehead atoms. The Balaban J connectivity index is 1.63. The zero-order valence-electron chi connectivity index (χ0n) is 15.1. The van der Waals surface area contributed by atoms with Gasteiger partial charge in [-0.25, -0.2) is 4.39 Å². The second-order valence-corrected chi connectivity index (χ2v) is 6.86. The van der Waals surface area contributed by atoms with E-state index in [0.717, 1.165) is 29.5 Å². The molecule has 26 heavy (non-hydrogen) atoms. The molecule has 0 radical (unpaired) electrons. The molecule has 4 nitrogen and oxygen atoms in total. The van der Waals surface area contributed by atoms with Gasteiger partial charge in [0, 0.05) is 12.1 Å². The number of nitrogens with one attached hydrogen (secondary N) is 1. The molecule has 2 aromatic carbocycles. The number of rotatable bonds is 4. The Hall–Kier alpha value is -2.69. The summed E-state index contributed by atoms with van der Waals surface area (Å²) in [5.41, 5.74) is 3.51. The van der Waals surface area contributed by atoms with Crippen LogP contribution in [0, 0.1) is 19.7 Å². The maximum absolute atomic E-state index is 13.1. The third-order valence-corrected chi connectivity index (χ3v) is 4.71. The third-order valence-electron chi connectivity index (χ3n) is 4.71. The van der Waals surface area contributed by atoms with Gasteiger partial charge in [-0.05, 0) is 56.5 Å². The monoisotopic (exact) mass is 354 g/mol. The summed E-state index contributed by atoms with van der Waals surface area (Å²) in [5.74, 6) is -0.650. The Morgan fingerprint density at radius 3 is 2.42 bits per heavy atom. The first-order valence-corrected chi connectivity index (χ1v) is 8.85. The van der Waals surface area contributed by atoms with E-state index in [9.17, 15) is 14.0 Å². The van der Waals surface area contributed by atoms with Crippen molar-refractivity contribution in [3.63, 3.8) is 0 Å². The van der Waals surface area contributed by atoms with Gasteiger partial charge in [0.05, 0.1) is 12.6 Å². The van der Waals surface area contributed by atoms with Gasteiger partial charge < -0.3 is 10.2 Å². The van der Waals surface area contributed by atoms with Crippen LogP contribution >= 0.6 is 0 Å². The summed E-state index contributed by atoms with van der Waals surface area (Å²) in [6.07, 6.45) is 1.75. The summed E-state index contributed by atoms with van der Waals surface area (Å²) < 4.78 is 13.1. The van der Waals surface area contributed by atoms with Gasteiger partial charge in [-0.15, -0.1) is 0 Å². The Morgan fingerprint density at radius 2 is 1.77 bits per heavy atom. The minimum atomic E-state index is -0.287. The van der Waals surface area contributed by atoms with Crippen LogP contribution in [0.3, 0.4) is 0 Å². The van der Waals surface area contributed by atoms with E-state index >= 15 is 0 Å². The SMILES string of the molecule is Cc1cc(C)cc(C(=O)NCC(=O)N2CCCC2c2ccc(F)cc2)c1. The number of carbonyl (C=O) groups is 2. The van der Waals surface area contributed by atoms with E-state index in [2.05, 4.69) is 5.32 Å². The van der Waals surface area contributed by atoms with Crippen LogP contribution in [0.25, 0.3) is 0 Å². The Labute approximate surface area is 153 Å². The summed E-state index contributed by atoms with van der Waals surface area (Å²) in [5, 5.41) is 2.72. The number of carbonyl (C=O) groups excluding carboxylic acids is 2. The summed E-state index contributed by atoms with van der Waals surface area (Å²) in [6, 6.07) is 11.8. The van der Waals surface area contributed by atoms with Crippen LogP contribution in [0.1, 0.15) is 45.9 Å². The van der Waals surface area contributed by atoms with Crippen molar-refractivity contribution >= 4 is 11.8 Å². The molecule has 0 aromatic heterocycles. The van der Waals surface area contributed by atoms with Crippen molar-refractivity contribution in [1.29, 1.82) is 0 Å². The molecule has 1 aliphatic heterocycles. The lowest BCUT2D eigenvalue weighted by molar-refractivity contribution is -0.131. The molecule has 1 unspecified atom stereocenters. The highest BCUT2D eigenvalue weighted by Crippen LogP contribution is 2.31. The van der Waals surface area contributed by atoms with Crippen molar-refractivity contribution in [3.05, 3.63) is 70.5 Å². The van der Waals surface area contributed by atoms with Crippen molar-refractivity contribution in [1.82, 2.24) is 10.2 Å². The summed E-state index contributed by atoms with van der Waals surface area (Å²) in [4.78, 5) is 26.7. The number of likely N-dealkylation sites (tertiary alicyclic amines) is 1. The largest absolute Gasteiger partial charge is 0.343 e. The van der Waals surface area contributed by atoms with Gasteiger partial charge in [0.1, 0.15) is 5.82 Å². The predicted molar refractivity (Wildman–Crippen MR) is 98.3 cm³/mol. The fourth-order valence-electron chi connectivity index (χ4n) is 3.56. The number of halogens is 1. The highest BCUT2D eigenvalue weighted by atomic mass is 19.1. The minimum Gasteiger partial charge on any atom is -0.343 e. The van der Waals surface area contributed by atoms with Gasteiger partial charge in [-0.1, -0.05) is 29.3 Å². The average Bonchev–Trinajstić information content (AvgIpc) is 3.09. The van der Waals surface area contributed by atoms with E-state index in [1.807, 2.05) is 32.0 Å². The van der Waals surface area contributed by atoms with Crippen LogP contribution in [0.4, 0.5) is 4.39 Å². The van der Waals surface area contributed by atoms with Crippen LogP contribution in [-0.2, 0) is 4.79 Å². The molecule has 1 fully saturated rings. The van der Waals surface area contributed by atoms with Crippen molar-refractivity contribution in [2.24, 2.45) is 0 Å². The van der Waals surface area contributed by atoms with Crippen molar-refractivity contribution in [3.8, 4) is 0 Å². The fraction of sp³-hybridized carbons (Fsp3) is 0.333. The molecule has 2 aromatic rings. The van der Waals surface area contributed by atoms with Crippen LogP contribution in [0.15, 0.2) is 42.5 Å². The molecule has 0 aliphatic carbocycles. The molecule has 1 saturated heterocycles. The second kappa shape index (κ2) is 7.68. The molecule has 0 saturated carbocycles. The highest BCUT2D eigenvalue weighted by molar-refractivity contribution is 5.96. The van der Waals surface area contributed by atoms with Gasteiger partial charge in [0.25, 0.3) is 5.91 Å². The number of amides is 2. The van der Waals surface area contributed by atoms with Gasteiger partial charge in [0.15, 0.2) is 0 Å². The van der Waals surface area contributed by atoms with Gasteiger partial charge in [-0.3, -0.25) is 9.59 Å². The first kappa shape index (κ1) is 18.1. The zero-order valence-corrected chi connectivity index (χ0v) is 15.1. The van der Waals surface area contributed by atoms with Gasteiger partial charge in [-0.2, -0.15) is 0 Å². The van der Waals surface area contributed by atoms with E-state index in [1.165, 1.54) is 12.1 Å². The lowest BCUT2D eigenvalue weighted by Crippen LogP contribution is -2.39. The molecule has 5 heteroatoms. The molecule has 1 atom stereocenters. The Kier molecular flexibility index (Phi) is 5.35. The van der Waals surface area contributed by atoms with E-state index in [1.54, 1.807) is 17.0 Å². The molecular weight excluding hydrogens is 331 g/mol. The molecule has 1 aliphatic rings. The van der Waals surface area contributed by atoms with Crippen LogP contribution < -0.4 is 5.32 Å². The first-order valence-electron chi connectivity index (χ1n) is 8.85. The standard InChI is InChI=1S/C21H23FN2O2/c1-14-10-15(2)12-17(11-14)21(26)23-13-20(25)24-9-3-4-19(24)16-5-7-18(22)8-6-16/h5-8,10-12,19H,3-4,9,13H2,1-2H3,(H,23,26). The molecule has 3 rings (SSSR count). The zero-order chi connectivity index (χ0) is 18.7. The van der Waals surface area contributed by atoms with Gasteiger partial charge in [0.2, 0.25) is 5.91 Å². The average molecular weight is 354 g/mol. The van der Waals surface area contributed by atoms with Crippen LogP contribution in [0.2, 0.25) is 0 Å².